The fraction of sp³-hybridized carbons (Fsp3) is 0.318. The number of hydrogen-bond donors (Lipinski definition) is 1. The van der Waals surface area contributed by atoms with Gasteiger partial charge < -0.3 is 14.5 Å². The largest absolute Gasteiger partial charge is 0.451 e. The van der Waals surface area contributed by atoms with E-state index in [2.05, 4.69) is 47.1 Å². The SMILES string of the molecule is Cc1cccc(N2CCN(C(=O)COC(=O)c3n[nH]c4ccccc34)CC2)c1C. The van der Waals surface area contributed by atoms with Gasteiger partial charge in [-0.1, -0.05) is 30.3 Å². The summed E-state index contributed by atoms with van der Waals surface area (Å²) in [5.41, 5.74) is 4.71. The zero-order valence-corrected chi connectivity index (χ0v) is 16.6. The van der Waals surface area contributed by atoms with Gasteiger partial charge >= 0.3 is 5.97 Å². The van der Waals surface area contributed by atoms with Crippen molar-refractivity contribution in [2.45, 2.75) is 13.8 Å². The van der Waals surface area contributed by atoms with Gasteiger partial charge in [0.2, 0.25) is 0 Å². The van der Waals surface area contributed by atoms with Crippen LogP contribution in [0.4, 0.5) is 5.69 Å². The van der Waals surface area contributed by atoms with Crippen LogP contribution in [0.25, 0.3) is 10.9 Å². The first kappa shape index (κ1) is 19.0. The number of piperazine rings is 1. The van der Waals surface area contributed by atoms with Crippen LogP contribution in [-0.4, -0.2) is 59.8 Å². The maximum atomic E-state index is 12.5. The molecule has 0 atom stereocenters. The van der Waals surface area contributed by atoms with Crippen LogP contribution in [0.2, 0.25) is 0 Å². The number of nitrogens with one attached hydrogen (secondary N) is 1. The first-order valence-electron chi connectivity index (χ1n) is 9.74. The monoisotopic (exact) mass is 392 g/mol. The number of carbonyl (C=O) groups excluding carboxylic acids is 2. The van der Waals surface area contributed by atoms with Gasteiger partial charge in [0, 0.05) is 37.3 Å². The molecule has 0 bridgehead atoms. The van der Waals surface area contributed by atoms with Crippen molar-refractivity contribution in [3.8, 4) is 0 Å². The number of para-hydroxylation sites is 1. The Balaban J connectivity index is 1.32. The Morgan fingerprint density at radius 2 is 1.79 bits per heavy atom. The number of benzene rings is 2. The van der Waals surface area contributed by atoms with Gasteiger partial charge in [-0.3, -0.25) is 9.89 Å². The normalized spacial score (nSPS) is 14.3. The van der Waals surface area contributed by atoms with E-state index >= 15 is 0 Å². The third-order valence-electron chi connectivity index (χ3n) is 5.54. The van der Waals surface area contributed by atoms with Crippen molar-refractivity contribution in [2.24, 2.45) is 0 Å². The van der Waals surface area contributed by atoms with Gasteiger partial charge in [0.15, 0.2) is 12.3 Å². The van der Waals surface area contributed by atoms with Gasteiger partial charge in [-0.2, -0.15) is 5.10 Å². The van der Waals surface area contributed by atoms with E-state index in [9.17, 15) is 9.59 Å². The summed E-state index contributed by atoms with van der Waals surface area (Å²) < 4.78 is 5.23. The minimum absolute atomic E-state index is 0.182. The lowest BCUT2D eigenvalue weighted by Gasteiger charge is -2.37. The van der Waals surface area contributed by atoms with Crippen LogP contribution < -0.4 is 4.90 Å². The van der Waals surface area contributed by atoms with Crippen LogP contribution >= 0.6 is 0 Å². The highest BCUT2D eigenvalue weighted by Crippen LogP contribution is 2.24. The van der Waals surface area contributed by atoms with Crippen molar-refractivity contribution in [1.29, 1.82) is 0 Å². The molecule has 0 radical (unpaired) electrons. The maximum Gasteiger partial charge on any atom is 0.359 e. The van der Waals surface area contributed by atoms with Crippen LogP contribution in [0.1, 0.15) is 21.6 Å². The molecular weight excluding hydrogens is 368 g/mol. The molecule has 1 amide bonds. The number of aryl methyl sites for hydroxylation is 1. The topological polar surface area (TPSA) is 78.5 Å². The summed E-state index contributed by atoms with van der Waals surface area (Å²) in [4.78, 5) is 28.9. The van der Waals surface area contributed by atoms with Crippen LogP contribution in [0.5, 0.6) is 0 Å². The Bertz CT molecular complexity index is 1050. The second-order valence-corrected chi connectivity index (χ2v) is 7.28. The van der Waals surface area contributed by atoms with Crippen LogP contribution in [0.3, 0.4) is 0 Å². The number of esters is 1. The molecule has 2 heterocycles. The van der Waals surface area contributed by atoms with Gasteiger partial charge in [0.05, 0.1) is 5.52 Å². The van der Waals surface area contributed by atoms with Crippen molar-refractivity contribution in [3.05, 3.63) is 59.3 Å². The van der Waals surface area contributed by atoms with Gasteiger partial charge in [-0.25, -0.2) is 4.79 Å². The zero-order chi connectivity index (χ0) is 20.4. The van der Waals surface area contributed by atoms with Crippen molar-refractivity contribution >= 4 is 28.5 Å². The Kier molecular flexibility index (Phi) is 5.20. The number of anilines is 1. The molecule has 2 aromatic carbocycles. The summed E-state index contributed by atoms with van der Waals surface area (Å²) in [5, 5.41) is 7.50. The number of fused-ring (bicyclic) bond motifs is 1. The molecule has 1 aliphatic rings. The highest BCUT2D eigenvalue weighted by Gasteiger charge is 2.24. The molecule has 1 N–H and O–H groups in total. The highest BCUT2D eigenvalue weighted by molar-refractivity contribution is 6.02. The highest BCUT2D eigenvalue weighted by atomic mass is 16.5. The lowest BCUT2D eigenvalue weighted by atomic mass is 10.1. The standard InChI is InChI=1S/C22H24N4O3/c1-15-6-5-9-19(16(15)2)25-10-12-26(13-11-25)20(27)14-29-22(28)21-17-7-3-4-8-18(17)23-24-21/h3-9H,10-14H2,1-2H3,(H,23,24). The molecule has 0 spiro atoms. The quantitative estimate of drug-likeness (QED) is 0.691. The number of amides is 1. The van der Waals surface area contributed by atoms with Crippen molar-refractivity contribution in [3.63, 3.8) is 0 Å². The zero-order valence-electron chi connectivity index (χ0n) is 16.6. The molecule has 1 saturated heterocycles. The van der Waals surface area contributed by atoms with Gasteiger partial charge in [0.25, 0.3) is 5.91 Å². The molecule has 1 aliphatic heterocycles. The van der Waals surface area contributed by atoms with E-state index in [1.54, 1.807) is 11.0 Å². The number of ether oxygens (including phenoxy) is 1. The molecule has 29 heavy (non-hydrogen) atoms. The first-order chi connectivity index (χ1) is 14.0. The molecule has 0 aliphatic carbocycles. The number of rotatable bonds is 4. The van der Waals surface area contributed by atoms with Crippen molar-refractivity contribution < 1.29 is 14.3 Å². The Hall–Kier alpha value is -3.35. The second kappa shape index (κ2) is 7.95. The molecule has 150 valence electrons. The van der Waals surface area contributed by atoms with E-state index < -0.39 is 5.97 Å². The Morgan fingerprint density at radius 3 is 2.59 bits per heavy atom. The smallest absolute Gasteiger partial charge is 0.359 e. The van der Waals surface area contributed by atoms with Crippen molar-refractivity contribution in [2.75, 3.05) is 37.7 Å². The summed E-state index contributed by atoms with van der Waals surface area (Å²) in [6, 6.07) is 13.6. The van der Waals surface area contributed by atoms with E-state index in [0.717, 1.165) is 18.6 Å². The third kappa shape index (κ3) is 3.81. The number of hydrogen-bond acceptors (Lipinski definition) is 5. The van der Waals surface area contributed by atoms with E-state index in [0.29, 0.717) is 18.5 Å². The molecule has 7 nitrogen and oxygen atoms in total. The van der Waals surface area contributed by atoms with Crippen LogP contribution in [0, 0.1) is 13.8 Å². The van der Waals surface area contributed by atoms with E-state index in [-0.39, 0.29) is 18.2 Å². The number of aromatic nitrogens is 2. The fourth-order valence-corrected chi connectivity index (χ4v) is 3.68. The molecule has 1 fully saturated rings. The molecule has 1 aromatic heterocycles. The lowest BCUT2D eigenvalue weighted by molar-refractivity contribution is -0.134. The molecule has 0 saturated carbocycles. The van der Waals surface area contributed by atoms with E-state index in [1.165, 1.54) is 16.8 Å². The molecular formula is C22H24N4O3. The van der Waals surface area contributed by atoms with Gasteiger partial charge in [-0.05, 0) is 37.1 Å². The predicted octanol–water partition coefficient (Wildman–Crippen LogP) is 2.69. The number of nitrogens with zero attached hydrogens (tertiary/aromatic N) is 3. The molecule has 4 rings (SSSR count). The predicted molar refractivity (Wildman–Crippen MR) is 111 cm³/mol. The number of aromatic amines is 1. The summed E-state index contributed by atoms with van der Waals surface area (Å²) >= 11 is 0. The molecule has 7 heteroatoms. The van der Waals surface area contributed by atoms with Crippen LogP contribution in [-0.2, 0) is 9.53 Å². The number of carbonyl (C=O) groups is 2. The van der Waals surface area contributed by atoms with E-state index in [4.69, 9.17) is 4.74 Å². The second-order valence-electron chi connectivity index (χ2n) is 7.28. The summed E-state index contributed by atoms with van der Waals surface area (Å²) in [5.74, 6) is -0.774. The molecule has 3 aromatic rings. The average molecular weight is 392 g/mol. The summed E-state index contributed by atoms with van der Waals surface area (Å²) in [7, 11) is 0. The fourth-order valence-electron chi connectivity index (χ4n) is 3.68. The lowest BCUT2D eigenvalue weighted by Crippen LogP contribution is -2.50. The molecule has 0 unspecified atom stereocenters. The minimum atomic E-state index is -0.593. The first-order valence-corrected chi connectivity index (χ1v) is 9.74. The van der Waals surface area contributed by atoms with Crippen LogP contribution in [0.15, 0.2) is 42.5 Å². The number of H-pyrrole nitrogens is 1. The Morgan fingerprint density at radius 1 is 1.03 bits per heavy atom. The maximum absolute atomic E-state index is 12.5. The van der Waals surface area contributed by atoms with Gasteiger partial charge in [0.1, 0.15) is 0 Å². The summed E-state index contributed by atoms with van der Waals surface area (Å²) in [6.45, 7) is 6.69. The van der Waals surface area contributed by atoms with Gasteiger partial charge in [-0.15, -0.1) is 0 Å². The minimum Gasteiger partial charge on any atom is -0.451 e. The average Bonchev–Trinajstić information content (AvgIpc) is 3.18. The van der Waals surface area contributed by atoms with E-state index in [1.807, 2.05) is 18.2 Å². The Labute approximate surface area is 169 Å². The summed E-state index contributed by atoms with van der Waals surface area (Å²) in [6.07, 6.45) is 0. The van der Waals surface area contributed by atoms with Crippen molar-refractivity contribution in [1.82, 2.24) is 15.1 Å². The third-order valence-corrected chi connectivity index (χ3v) is 5.54.